The van der Waals surface area contributed by atoms with Crippen LogP contribution in [0.15, 0.2) is 30.3 Å². The van der Waals surface area contributed by atoms with Crippen LogP contribution in [-0.4, -0.2) is 18.5 Å². The lowest BCUT2D eigenvalue weighted by Gasteiger charge is -2.09. The van der Waals surface area contributed by atoms with Crippen molar-refractivity contribution in [3.8, 4) is 0 Å². The third-order valence-electron chi connectivity index (χ3n) is 2.85. The summed E-state index contributed by atoms with van der Waals surface area (Å²) in [6.07, 6.45) is 0. The van der Waals surface area contributed by atoms with Crippen LogP contribution in [0.3, 0.4) is 0 Å². The summed E-state index contributed by atoms with van der Waals surface area (Å²) in [4.78, 5) is 23.6. The molecule has 3 N–H and O–H groups in total. The van der Waals surface area contributed by atoms with E-state index in [1.807, 2.05) is 0 Å². The first-order valence-electron chi connectivity index (χ1n) is 6.44. The number of hydrogen-bond acceptors (Lipinski definition) is 4. The van der Waals surface area contributed by atoms with Gasteiger partial charge in [-0.15, -0.1) is 0 Å². The number of benzene rings is 2. The van der Waals surface area contributed by atoms with Gasteiger partial charge in [-0.25, -0.2) is 13.6 Å². The molecule has 0 aliphatic carbocycles. The second-order valence-corrected chi connectivity index (χ2v) is 5.45. The summed E-state index contributed by atoms with van der Waals surface area (Å²) in [7, 11) is 0. The molecule has 2 aromatic rings. The highest BCUT2D eigenvalue weighted by Gasteiger charge is 2.16. The number of carbonyl (C=O) groups excluding carboxylic acids is 2. The first kappa shape index (κ1) is 18.0. The van der Waals surface area contributed by atoms with Gasteiger partial charge < -0.3 is 15.8 Å². The van der Waals surface area contributed by atoms with Crippen molar-refractivity contribution < 1.29 is 23.1 Å². The van der Waals surface area contributed by atoms with Gasteiger partial charge >= 0.3 is 5.97 Å². The number of hydrogen-bond donors (Lipinski definition) is 2. The van der Waals surface area contributed by atoms with E-state index in [-0.39, 0.29) is 27.0 Å². The van der Waals surface area contributed by atoms with Crippen LogP contribution in [0.5, 0.6) is 0 Å². The predicted molar refractivity (Wildman–Crippen MR) is 86.1 cm³/mol. The van der Waals surface area contributed by atoms with Crippen molar-refractivity contribution in [2.75, 3.05) is 17.7 Å². The molecule has 0 radical (unpaired) electrons. The molecule has 0 saturated carbocycles. The Morgan fingerprint density at radius 2 is 1.83 bits per heavy atom. The number of ether oxygens (including phenoxy) is 1. The fraction of sp³-hybridized carbons (Fsp3) is 0.0667. The topological polar surface area (TPSA) is 81.4 Å². The molecule has 0 atom stereocenters. The van der Waals surface area contributed by atoms with E-state index in [2.05, 4.69) is 5.32 Å². The third kappa shape index (κ3) is 4.33. The minimum absolute atomic E-state index is 0.0141. The van der Waals surface area contributed by atoms with Gasteiger partial charge in [0.1, 0.15) is 0 Å². The van der Waals surface area contributed by atoms with Crippen LogP contribution in [0.1, 0.15) is 10.4 Å². The van der Waals surface area contributed by atoms with Crippen molar-refractivity contribution >= 4 is 46.5 Å². The molecule has 0 saturated heterocycles. The summed E-state index contributed by atoms with van der Waals surface area (Å²) < 4.78 is 30.6. The van der Waals surface area contributed by atoms with Gasteiger partial charge in [0.25, 0.3) is 5.91 Å². The molecule has 0 aromatic heterocycles. The molecule has 0 bridgehead atoms. The molecule has 126 valence electrons. The Bertz CT molecular complexity index is 816. The molecule has 9 heteroatoms. The number of carbonyl (C=O) groups is 2. The zero-order valence-electron chi connectivity index (χ0n) is 11.9. The first-order valence-corrected chi connectivity index (χ1v) is 7.20. The van der Waals surface area contributed by atoms with E-state index in [4.69, 9.17) is 33.7 Å². The van der Waals surface area contributed by atoms with E-state index in [9.17, 15) is 18.4 Å². The average Bonchev–Trinajstić information content (AvgIpc) is 2.52. The maximum atomic E-state index is 13.0. The minimum Gasteiger partial charge on any atom is -0.452 e. The van der Waals surface area contributed by atoms with Crippen molar-refractivity contribution in [3.63, 3.8) is 0 Å². The molecular weight excluding hydrogens is 365 g/mol. The lowest BCUT2D eigenvalue weighted by Crippen LogP contribution is -2.21. The van der Waals surface area contributed by atoms with Crippen molar-refractivity contribution in [3.05, 3.63) is 57.6 Å². The number of anilines is 2. The summed E-state index contributed by atoms with van der Waals surface area (Å²) in [5.41, 5.74) is 5.53. The Morgan fingerprint density at radius 1 is 1.12 bits per heavy atom. The number of esters is 1. The van der Waals surface area contributed by atoms with E-state index in [0.717, 1.165) is 18.2 Å². The lowest BCUT2D eigenvalue weighted by molar-refractivity contribution is -0.119. The van der Waals surface area contributed by atoms with Crippen LogP contribution in [-0.2, 0) is 9.53 Å². The first-order chi connectivity index (χ1) is 11.3. The number of nitrogen functional groups attached to an aromatic ring is 1. The monoisotopic (exact) mass is 374 g/mol. The van der Waals surface area contributed by atoms with Crippen LogP contribution in [0.4, 0.5) is 20.2 Å². The van der Waals surface area contributed by atoms with Gasteiger partial charge in [-0.2, -0.15) is 0 Å². The Hall–Kier alpha value is -2.38. The minimum atomic E-state index is -1.12. The molecule has 1 amide bonds. The Kier molecular flexibility index (Phi) is 5.58. The summed E-state index contributed by atoms with van der Waals surface area (Å²) in [6.45, 7) is -0.665. The average molecular weight is 375 g/mol. The molecule has 0 unspecified atom stereocenters. The van der Waals surface area contributed by atoms with E-state index >= 15 is 0 Å². The van der Waals surface area contributed by atoms with Gasteiger partial charge in [0.2, 0.25) is 0 Å². The summed E-state index contributed by atoms with van der Waals surface area (Å²) in [6, 6.07) is 5.41. The van der Waals surface area contributed by atoms with Gasteiger partial charge in [0.05, 0.1) is 16.3 Å². The highest BCUT2D eigenvalue weighted by atomic mass is 35.5. The van der Waals surface area contributed by atoms with Crippen LogP contribution in [0.2, 0.25) is 10.0 Å². The summed E-state index contributed by atoms with van der Waals surface area (Å²) in [5, 5.41) is 2.49. The van der Waals surface area contributed by atoms with E-state index in [0.29, 0.717) is 0 Å². The van der Waals surface area contributed by atoms with E-state index in [1.165, 1.54) is 12.1 Å². The zero-order chi connectivity index (χ0) is 17.9. The molecule has 0 spiro atoms. The standard InChI is InChI=1S/C15H10Cl2F2N2O3/c16-7-3-9(14(20)10(17)4-7)15(23)24-6-13(22)21-8-1-2-11(18)12(19)5-8/h1-5H,6,20H2,(H,21,22). The second kappa shape index (κ2) is 7.46. The van der Waals surface area contributed by atoms with Crippen LogP contribution >= 0.6 is 23.2 Å². The zero-order valence-corrected chi connectivity index (χ0v) is 13.4. The number of amides is 1. The molecule has 2 aromatic carbocycles. The molecule has 24 heavy (non-hydrogen) atoms. The maximum absolute atomic E-state index is 13.0. The molecular formula is C15H10Cl2F2N2O3. The SMILES string of the molecule is Nc1c(Cl)cc(Cl)cc1C(=O)OCC(=O)Nc1ccc(F)c(F)c1. The predicted octanol–water partition coefficient (Wildman–Crippen LogP) is 3.65. The molecule has 0 fully saturated rings. The smallest absolute Gasteiger partial charge is 0.340 e. The molecule has 0 aliphatic heterocycles. The maximum Gasteiger partial charge on any atom is 0.340 e. The van der Waals surface area contributed by atoms with Gasteiger partial charge in [-0.1, -0.05) is 23.2 Å². The third-order valence-corrected chi connectivity index (χ3v) is 3.38. The molecule has 0 heterocycles. The normalized spacial score (nSPS) is 10.3. The highest BCUT2D eigenvalue weighted by molar-refractivity contribution is 6.37. The molecule has 0 aliphatic rings. The van der Waals surface area contributed by atoms with Gasteiger partial charge in [0, 0.05) is 16.8 Å². The van der Waals surface area contributed by atoms with E-state index in [1.54, 1.807) is 0 Å². The number of halogens is 4. The summed E-state index contributed by atoms with van der Waals surface area (Å²) >= 11 is 11.6. The van der Waals surface area contributed by atoms with Crippen LogP contribution < -0.4 is 11.1 Å². The number of nitrogens with one attached hydrogen (secondary N) is 1. The summed E-state index contributed by atoms with van der Waals surface area (Å²) in [5.74, 6) is -3.82. The van der Waals surface area contributed by atoms with Crippen LogP contribution in [0.25, 0.3) is 0 Å². The van der Waals surface area contributed by atoms with Crippen molar-refractivity contribution in [2.45, 2.75) is 0 Å². The van der Waals surface area contributed by atoms with Crippen molar-refractivity contribution in [2.24, 2.45) is 0 Å². The Morgan fingerprint density at radius 3 is 2.50 bits per heavy atom. The highest BCUT2D eigenvalue weighted by Crippen LogP contribution is 2.28. The fourth-order valence-corrected chi connectivity index (χ4v) is 2.23. The number of rotatable bonds is 4. The quantitative estimate of drug-likeness (QED) is 0.632. The van der Waals surface area contributed by atoms with Gasteiger partial charge in [-0.3, -0.25) is 4.79 Å². The second-order valence-electron chi connectivity index (χ2n) is 4.60. The Balaban J connectivity index is 1.98. The fourth-order valence-electron chi connectivity index (χ4n) is 1.73. The molecule has 2 rings (SSSR count). The Labute approximate surface area is 145 Å². The van der Waals surface area contributed by atoms with Crippen LogP contribution in [0, 0.1) is 11.6 Å². The molecule has 5 nitrogen and oxygen atoms in total. The largest absolute Gasteiger partial charge is 0.452 e. The van der Waals surface area contributed by atoms with Gasteiger partial charge in [0.15, 0.2) is 18.2 Å². The number of nitrogens with two attached hydrogens (primary N) is 1. The lowest BCUT2D eigenvalue weighted by atomic mass is 10.2. The van der Waals surface area contributed by atoms with Crippen molar-refractivity contribution in [1.82, 2.24) is 0 Å². The van der Waals surface area contributed by atoms with Crippen molar-refractivity contribution in [1.29, 1.82) is 0 Å². The van der Waals surface area contributed by atoms with Gasteiger partial charge in [-0.05, 0) is 24.3 Å². The van der Waals surface area contributed by atoms with E-state index < -0.39 is 30.1 Å².